The van der Waals surface area contributed by atoms with Gasteiger partial charge in [0, 0.05) is 13.0 Å². The molecule has 7 rings (SSSR count). The van der Waals surface area contributed by atoms with Crippen LogP contribution in [0.15, 0.2) is 42.5 Å². The minimum atomic E-state index is -5.08. The van der Waals surface area contributed by atoms with E-state index in [1.165, 1.54) is 11.1 Å². The Morgan fingerprint density at radius 3 is 2.30 bits per heavy atom. The van der Waals surface area contributed by atoms with Gasteiger partial charge in [0.25, 0.3) is 11.8 Å². The molecule has 0 spiro atoms. The van der Waals surface area contributed by atoms with Crippen LogP contribution in [0.2, 0.25) is 0 Å². The molecule has 16 heteroatoms. The Balaban J connectivity index is 0.000000499. The number of hydrogen-bond acceptors (Lipinski definition) is 9. The van der Waals surface area contributed by atoms with Crippen LogP contribution in [-0.2, 0) is 27.2 Å². The van der Waals surface area contributed by atoms with Gasteiger partial charge in [-0.05, 0) is 70.7 Å². The number of amides is 4. The first-order chi connectivity index (χ1) is 22.3. The van der Waals surface area contributed by atoms with E-state index in [0.29, 0.717) is 17.9 Å². The lowest BCUT2D eigenvalue weighted by Crippen LogP contribution is -2.54. The van der Waals surface area contributed by atoms with Crippen LogP contribution in [-0.4, -0.2) is 78.6 Å². The van der Waals surface area contributed by atoms with Crippen LogP contribution in [0.3, 0.4) is 0 Å². The third-order valence-corrected chi connectivity index (χ3v) is 8.81. The van der Waals surface area contributed by atoms with Crippen molar-refractivity contribution < 1.29 is 42.3 Å². The van der Waals surface area contributed by atoms with Crippen molar-refractivity contribution in [3.05, 3.63) is 76.1 Å². The molecule has 0 bridgehead atoms. The normalized spacial score (nSPS) is 20.7. The Bertz CT molecular complexity index is 1760. The molecule has 2 unspecified atom stereocenters. The average molecular weight is 654 g/mol. The number of alkyl halides is 3. The summed E-state index contributed by atoms with van der Waals surface area (Å²) in [5, 5.41) is 25.7. The second kappa shape index (κ2) is 12.0. The summed E-state index contributed by atoms with van der Waals surface area (Å²) in [7, 11) is 0. The van der Waals surface area contributed by atoms with E-state index in [1.54, 1.807) is 12.1 Å². The summed E-state index contributed by atoms with van der Waals surface area (Å²) in [4.78, 5) is 61.6. The van der Waals surface area contributed by atoms with Gasteiger partial charge in [0.15, 0.2) is 5.82 Å². The largest absolute Gasteiger partial charge is 0.490 e. The van der Waals surface area contributed by atoms with Gasteiger partial charge in [0.1, 0.15) is 6.04 Å². The summed E-state index contributed by atoms with van der Waals surface area (Å²) < 4.78 is 33.6. The Kier molecular flexibility index (Phi) is 8.15. The number of halogens is 3. The molecule has 2 atom stereocenters. The zero-order valence-corrected chi connectivity index (χ0v) is 25.1. The van der Waals surface area contributed by atoms with Gasteiger partial charge >= 0.3 is 12.1 Å². The number of fused-ring (bicyclic) bond motifs is 2. The fourth-order valence-corrected chi connectivity index (χ4v) is 6.45. The summed E-state index contributed by atoms with van der Waals surface area (Å²) in [5.41, 5.74) is 3.71. The fraction of sp³-hybridized carbons (Fsp3) is 0.419. The van der Waals surface area contributed by atoms with Crippen molar-refractivity contribution in [1.29, 1.82) is 0 Å². The van der Waals surface area contributed by atoms with Crippen molar-refractivity contribution in [1.82, 2.24) is 35.7 Å². The lowest BCUT2D eigenvalue weighted by molar-refractivity contribution is -0.192. The van der Waals surface area contributed by atoms with Gasteiger partial charge in [-0.1, -0.05) is 43.3 Å². The number of nitrogens with one attached hydrogen (secondary N) is 2. The Hall–Kier alpha value is -4.99. The zero-order valence-electron chi connectivity index (χ0n) is 25.1. The smallest absolute Gasteiger partial charge is 0.475 e. The molecule has 47 heavy (non-hydrogen) atoms. The molecule has 0 radical (unpaired) electrons. The number of carboxylic acids is 1. The van der Waals surface area contributed by atoms with Crippen molar-refractivity contribution in [3.8, 4) is 0 Å². The van der Waals surface area contributed by atoms with E-state index in [9.17, 15) is 32.3 Å². The molecule has 2 aromatic carbocycles. The van der Waals surface area contributed by atoms with Gasteiger partial charge in [0.2, 0.25) is 11.8 Å². The quantitative estimate of drug-likeness (QED) is 0.321. The SMILES string of the molecule is CC1(CNC(c2cccc3c2C(=O)N(C2CCC(=O)NC2=O)C3=O)c2nnnn2C2CC2)Cc2ccccc2C1.O=C(O)C(F)(F)F. The average Bonchev–Trinajstić information content (AvgIpc) is 3.55. The molecule has 3 N–H and O–H groups in total. The standard InChI is InChI=1S/C29H29N7O4.C2HF3O2/c1-29(13-16-5-2-3-6-17(16)14-29)15-30-24(25-32-33-34-36(25)18-9-10-18)19-7-4-8-20-23(19)28(40)35(27(20)39)21-11-12-22(37)31-26(21)38;3-2(4,5)1(6)7/h2-8,18,21,24,30H,9-15H2,1H3,(H,31,37,38);(H,6,7). The third-order valence-electron chi connectivity index (χ3n) is 8.81. The predicted octanol–water partition coefficient (Wildman–Crippen LogP) is 2.53. The third kappa shape index (κ3) is 6.24. The second-order valence-corrected chi connectivity index (χ2v) is 12.5. The summed E-state index contributed by atoms with van der Waals surface area (Å²) in [6.07, 6.45) is -1.12. The Morgan fingerprint density at radius 1 is 1.04 bits per heavy atom. The number of piperidine rings is 1. The lowest BCUT2D eigenvalue weighted by atomic mass is 9.86. The number of tetrazole rings is 1. The number of hydrogen-bond donors (Lipinski definition) is 3. The molecule has 13 nitrogen and oxygen atoms in total. The minimum Gasteiger partial charge on any atom is -0.475 e. The topological polar surface area (TPSA) is 176 Å². The molecule has 246 valence electrons. The van der Waals surface area contributed by atoms with Crippen LogP contribution >= 0.6 is 0 Å². The first-order valence-corrected chi connectivity index (χ1v) is 15.0. The van der Waals surface area contributed by atoms with Crippen molar-refractivity contribution in [3.63, 3.8) is 0 Å². The predicted molar refractivity (Wildman–Crippen MR) is 155 cm³/mol. The van der Waals surface area contributed by atoms with E-state index in [2.05, 4.69) is 57.3 Å². The van der Waals surface area contributed by atoms with Crippen LogP contribution in [0.4, 0.5) is 13.2 Å². The summed E-state index contributed by atoms with van der Waals surface area (Å²) in [6, 6.07) is 12.3. The van der Waals surface area contributed by atoms with Crippen molar-refractivity contribution >= 4 is 29.6 Å². The number of aromatic nitrogens is 4. The number of nitrogens with zero attached hydrogens (tertiary/aromatic N) is 5. The first kappa shape index (κ1) is 32.0. The van der Waals surface area contributed by atoms with E-state index in [1.807, 2.05) is 10.7 Å². The highest BCUT2D eigenvalue weighted by Crippen LogP contribution is 2.40. The van der Waals surface area contributed by atoms with E-state index < -0.39 is 47.9 Å². The van der Waals surface area contributed by atoms with Crippen LogP contribution in [0, 0.1) is 5.41 Å². The van der Waals surface area contributed by atoms with Crippen LogP contribution < -0.4 is 10.6 Å². The maximum Gasteiger partial charge on any atom is 0.490 e. The highest BCUT2D eigenvalue weighted by molar-refractivity contribution is 6.24. The molecule has 1 saturated heterocycles. The highest BCUT2D eigenvalue weighted by atomic mass is 19.4. The van der Waals surface area contributed by atoms with Crippen LogP contribution in [0.1, 0.15) is 87.9 Å². The van der Waals surface area contributed by atoms with E-state index >= 15 is 0 Å². The maximum atomic E-state index is 13.9. The summed E-state index contributed by atoms with van der Waals surface area (Å²) in [6.45, 7) is 2.88. The summed E-state index contributed by atoms with van der Waals surface area (Å²) >= 11 is 0. The van der Waals surface area contributed by atoms with Gasteiger partial charge in [0.05, 0.1) is 23.2 Å². The summed E-state index contributed by atoms with van der Waals surface area (Å²) in [5.74, 6) is -4.27. The van der Waals surface area contributed by atoms with Gasteiger partial charge in [-0.15, -0.1) is 5.10 Å². The van der Waals surface area contributed by atoms with Gasteiger partial charge in [-0.2, -0.15) is 13.2 Å². The molecule has 2 aliphatic carbocycles. The molecule has 4 aliphatic rings. The van der Waals surface area contributed by atoms with E-state index in [4.69, 9.17) is 9.90 Å². The Labute approximate surface area is 265 Å². The highest BCUT2D eigenvalue weighted by Gasteiger charge is 2.47. The molecule has 2 fully saturated rings. The van der Waals surface area contributed by atoms with E-state index in [0.717, 1.165) is 30.6 Å². The maximum absolute atomic E-state index is 13.9. The second-order valence-electron chi connectivity index (χ2n) is 12.5. The molecule has 4 amide bonds. The van der Waals surface area contributed by atoms with E-state index in [-0.39, 0.29) is 35.4 Å². The molecule has 3 heterocycles. The molecule has 2 aliphatic heterocycles. The number of carbonyl (C=O) groups excluding carboxylic acids is 4. The van der Waals surface area contributed by atoms with Crippen molar-refractivity contribution in [2.24, 2.45) is 5.41 Å². The number of rotatable bonds is 7. The van der Waals surface area contributed by atoms with Crippen molar-refractivity contribution in [2.75, 3.05) is 6.54 Å². The number of carboxylic acid groups (broad SMARTS) is 1. The molecule has 1 aromatic heterocycles. The lowest BCUT2D eigenvalue weighted by Gasteiger charge is -2.29. The fourth-order valence-electron chi connectivity index (χ4n) is 6.45. The number of imide groups is 2. The molecule has 3 aromatic rings. The monoisotopic (exact) mass is 653 g/mol. The molecule has 1 saturated carbocycles. The first-order valence-electron chi connectivity index (χ1n) is 15.0. The van der Waals surface area contributed by atoms with Gasteiger partial charge in [-0.25, -0.2) is 9.48 Å². The van der Waals surface area contributed by atoms with Gasteiger partial charge < -0.3 is 10.4 Å². The minimum absolute atomic E-state index is 0.0592. The number of aliphatic carboxylic acids is 1. The Morgan fingerprint density at radius 2 is 1.70 bits per heavy atom. The van der Waals surface area contributed by atoms with Gasteiger partial charge in [-0.3, -0.25) is 29.4 Å². The molecular formula is C31H30F3N7O6. The van der Waals surface area contributed by atoms with Crippen LogP contribution in [0.25, 0.3) is 0 Å². The molecular weight excluding hydrogens is 623 g/mol. The number of benzene rings is 2. The number of carbonyl (C=O) groups is 5. The van der Waals surface area contributed by atoms with Crippen LogP contribution in [0.5, 0.6) is 0 Å². The van der Waals surface area contributed by atoms with Crippen molar-refractivity contribution in [2.45, 2.75) is 69.8 Å². The zero-order chi connectivity index (χ0) is 33.7.